The Morgan fingerprint density at radius 3 is 2.75 bits per heavy atom. The monoisotopic (exact) mass is 167 g/mol. The summed E-state index contributed by atoms with van der Waals surface area (Å²) in [6.07, 6.45) is 1.51. The van der Waals surface area contributed by atoms with E-state index < -0.39 is 5.82 Å². The third-order valence-corrected chi connectivity index (χ3v) is 1.61. The Morgan fingerprint density at radius 2 is 2.25 bits per heavy atom. The number of hydrogen-bond acceptors (Lipinski definition) is 2. The van der Waals surface area contributed by atoms with Crippen molar-refractivity contribution in [2.24, 2.45) is 5.73 Å². The van der Waals surface area contributed by atoms with Crippen LogP contribution in [0, 0.1) is 5.82 Å². The van der Waals surface area contributed by atoms with Gasteiger partial charge in [0.25, 0.3) is 0 Å². The van der Waals surface area contributed by atoms with Crippen molar-refractivity contribution in [1.29, 1.82) is 0 Å². The minimum absolute atomic E-state index is 0.366. The normalized spacial score (nSPS) is 12.5. The van der Waals surface area contributed by atoms with Crippen molar-refractivity contribution in [2.75, 3.05) is 0 Å². The van der Waals surface area contributed by atoms with Crippen LogP contribution in [0.25, 0.3) is 0 Å². The summed E-state index contributed by atoms with van der Waals surface area (Å²) in [6, 6.07) is 3.64. The van der Waals surface area contributed by atoms with Crippen LogP contribution < -0.4 is 5.73 Å². The largest absolute Gasteiger partial charge is 0.505 e. The highest BCUT2D eigenvalue weighted by Gasteiger charge is 2.05. The fourth-order valence-electron chi connectivity index (χ4n) is 0.867. The molecule has 0 fully saturated rings. The van der Waals surface area contributed by atoms with Gasteiger partial charge in [0, 0.05) is 6.04 Å². The van der Waals surface area contributed by atoms with Gasteiger partial charge >= 0.3 is 0 Å². The molecule has 0 amide bonds. The molecule has 3 heteroatoms. The molecule has 0 bridgehead atoms. The van der Waals surface area contributed by atoms with Crippen molar-refractivity contribution < 1.29 is 9.50 Å². The van der Waals surface area contributed by atoms with Crippen molar-refractivity contribution in [3.8, 4) is 5.75 Å². The second kappa shape index (κ2) is 3.36. The molecule has 0 saturated heterocycles. The molecule has 0 saturated carbocycles. The van der Waals surface area contributed by atoms with Gasteiger partial charge in [0.15, 0.2) is 11.6 Å². The van der Waals surface area contributed by atoms with Crippen LogP contribution in [0.2, 0.25) is 0 Å². The third-order valence-electron chi connectivity index (χ3n) is 1.61. The molecule has 0 aliphatic rings. The van der Waals surface area contributed by atoms with Crippen LogP contribution in [0.3, 0.4) is 0 Å². The van der Waals surface area contributed by atoms with Gasteiger partial charge in [-0.15, -0.1) is 6.58 Å². The Morgan fingerprint density at radius 1 is 1.58 bits per heavy atom. The molecule has 1 rings (SSSR count). The smallest absolute Gasteiger partial charge is 0.165 e. The Kier molecular flexibility index (Phi) is 2.45. The van der Waals surface area contributed by atoms with Gasteiger partial charge in [0.05, 0.1) is 0 Å². The first kappa shape index (κ1) is 8.74. The summed E-state index contributed by atoms with van der Waals surface area (Å²) < 4.78 is 12.7. The van der Waals surface area contributed by atoms with Gasteiger partial charge in [-0.2, -0.15) is 0 Å². The first-order valence-electron chi connectivity index (χ1n) is 3.51. The zero-order chi connectivity index (χ0) is 9.14. The van der Waals surface area contributed by atoms with E-state index in [9.17, 15) is 4.39 Å². The molecule has 0 radical (unpaired) electrons. The highest BCUT2D eigenvalue weighted by atomic mass is 19.1. The molecule has 0 aliphatic heterocycles. The lowest BCUT2D eigenvalue weighted by molar-refractivity contribution is 0.431. The first-order valence-corrected chi connectivity index (χ1v) is 3.51. The molecule has 0 spiro atoms. The van der Waals surface area contributed by atoms with Crippen molar-refractivity contribution in [1.82, 2.24) is 0 Å². The molecule has 1 aromatic rings. The van der Waals surface area contributed by atoms with Crippen LogP contribution in [0.4, 0.5) is 4.39 Å². The summed E-state index contributed by atoms with van der Waals surface area (Å²) in [6.45, 7) is 3.48. The van der Waals surface area contributed by atoms with E-state index in [0.29, 0.717) is 5.56 Å². The minimum atomic E-state index is -0.662. The van der Waals surface area contributed by atoms with E-state index in [1.54, 1.807) is 6.07 Å². The first-order chi connectivity index (χ1) is 5.65. The van der Waals surface area contributed by atoms with Gasteiger partial charge < -0.3 is 10.8 Å². The van der Waals surface area contributed by atoms with E-state index in [0.717, 1.165) is 0 Å². The van der Waals surface area contributed by atoms with Gasteiger partial charge in [-0.05, 0) is 17.7 Å². The van der Waals surface area contributed by atoms with Crippen LogP contribution in [0.1, 0.15) is 11.6 Å². The Labute approximate surface area is 70.1 Å². The van der Waals surface area contributed by atoms with Crippen LogP contribution in [-0.4, -0.2) is 5.11 Å². The predicted octanol–water partition coefficient (Wildman–Crippen LogP) is 1.72. The van der Waals surface area contributed by atoms with Gasteiger partial charge in [-0.25, -0.2) is 4.39 Å². The SMILES string of the molecule is C=C[C@@H](N)c1ccc(O)c(F)c1. The molecule has 2 nitrogen and oxygen atoms in total. The lowest BCUT2D eigenvalue weighted by atomic mass is 10.1. The van der Waals surface area contributed by atoms with E-state index in [-0.39, 0.29) is 11.8 Å². The third kappa shape index (κ3) is 1.62. The maximum Gasteiger partial charge on any atom is 0.165 e. The van der Waals surface area contributed by atoms with Gasteiger partial charge in [-0.3, -0.25) is 0 Å². The second-order valence-corrected chi connectivity index (χ2v) is 2.47. The van der Waals surface area contributed by atoms with Crippen molar-refractivity contribution in [3.63, 3.8) is 0 Å². The molecule has 0 unspecified atom stereocenters. The number of hydrogen-bond donors (Lipinski definition) is 2. The molecule has 0 aliphatic carbocycles. The van der Waals surface area contributed by atoms with E-state index in [1.165, 1.54) is 18.2 Å². The number of phenols is 1. The van der Waals surface area contributed by atoms with E-state index in [1.807, 2.05) is 0 Å². The maximum atomic E-state index is 12.7. The average molecular weight is 167 g/mol. The van der Waals surface area contributed by atoms with Crippen LogP contribution in [0.15, 0.2) is 30.9 Å². The topological polar surface area (TPSA) is 46.2 Å². The Hall–Kier alpha value is -1.35. The summed E-state index contributed by atoms with van der Waals surface area (Å²) in [7, 11) is 0. The van der Waals surface area contributed by atoms with Crippen LogP contribution in [-0.2, 0) is 0 Å². The summed E-state index contributed by atoms with van der Waals surface area (Å²) in [5, 5.41) is 8.86. The highest BCUT2D eigenvalue weighted by Crippen LogP contribution is 2.19. The maximum absolute atomic E-state index is 12.7. The number of halogens is 1. The number of nitrogens with two attached hydrogens (primary N) is 1. The summed E-state index contributed by atoms with van der Waals surface area (Å²) in [5.41, 5.74) is 6.14. The molecule has 1 atom stereocenters. The van der Waals surface area contributed by atoms with Crippen LogP contribution >= 0.6 is 0 Å². The van der Waals surface area contributed by atoms with Crippen molar-refractivity contribution in [3.05, 3.63) is 42.2 Å². The van der Waals surface area contributed by atoms with Crippen molar-refractivity contribution in [2.45, 2.75) is 6.04 Å². The van der Waals surface area contributed by atoms with Gasteiger partial charge in [-0.1, -0.05) is 12.1 Å². The Balaban J connectivity index is 3.04. The van der Waals surface area contributed by atoms with Crippen molar-refractivity contribution >= 4 is 0 Å². The second-order valence-electron chi connectivity index (χ2n) is 2.47. The van der Waals surface area contributed by atoms with E-state index in [2.05, 4.69) is 6.58 Å². The lowest BCUT2D eigenvalue weighted by Crippen LogP contribution is -2.06. The molecule has 0 aromatic heterocycles. The average Bonchev–Trinajstić information content (AvgIpc) is 2.08. The summed E-state index contributed by atoms with van der Waals surface area (Å²) in [4.78, 5) is 0. The van der Waals surface area contributed by atoms with E-state index in [4.69, 9.17) is 10.8 Å². The molecule has 64 valence electrons. The van der Waals surface area contributed by atoms with Gasteiger partial charge in [0.2, 0.25) is 0 Å². The molecule has 3 N–H and O–H groups in total. The zero-order valence-corrected chi connectivity index (χ0v) is 6.50. The number of aromatic hydroxyl groups is 1. The molecular weight excluding hydrogens is 157 g/mol. The highest BCUT2D eigenvalue weighted by molar-refractivity contribution is 5.31. The lowest BCUT2D eigenvalue weighted by Gasteiger charge is -2.06. The van der Waals surface area contributed by atoms with Gasteiger partial charge in [0.1, 0.15) is 0 Å². The Bertz CT molecular complexity index is 299. The van der Waals surface area contributed by atoms with Crippen LogP contribution in [0.5, 0.6) is 5.75 Å². The zero-order valence-electron chi connectivity index (χ0n) is 6.50. The molecule has 1 aromatic carbocycles. The molecule has 12 heavy (non-hydrogen) atoms. The van der Waals surface area contributed by atoms with E-state index >= 15 is 0 Å². The minimum Gasteiger partial charge on any atom is -0.505 e. The quantitative estimate of drug-likeness (QED) is 0.659. The molecule has 0 heterocycles. The summed E-state index contributed by atoms with van der Waals surface area (Å²) >= 11 is 0. The summed E-state index contributed by atoms with van der Waals surface area (Å²) in [5.74, 6) is -1.03. The predicted molar refractivity (Wildman–Crippen MR) is 45.2 cm³/mol. The fraction of sp³-hybridized carbons (Fsp3) is 0.111. The fourth-order valence-corrected chi connectivity index (χ4v) is 0.867. The number of rotatable bonds is 2. The number of phenolic OH excluding ortho intramolecular Hbond substituents is 1. The number of benzene rings is 1. The standard InChI is InChI=1S/C9H10FNO/c1-2-8(11)6-3-4-9(12)7(10)5-6/h2-5,8,12H,1,11H2/t8-/m1/s1. The molecular formula is C9H10FNO.